The predicted molar refractivity (Wildman–Crippen MR) is 122 cm³/mol. The molecule has 1 amide bonds. The Kier molecular flexibility index (Phi) is 4.90. The second-order valence-electron chi connectivity index (χ2n) is 9.52. The van der Waals surface area contributed by atoms with Crippen molar-refractivity contribution in [2.75, 3.05) is 5.32 Å². The van der Waals surface area contributed by atoms with Crippen molar-refractivity contribution in [2.24, 2.45) is 5.41 Å². The van der Waals surface area contributed by atoms with Gasteiger partial charge in [0.15, 0.2) is 0 Å². The van der Waals surface area contributed by atoms with Crippen LogP contribution in [-0.2, 0) is 25.7 Å². The van der Waals surface area contributed by atoms with Gasteiger partial charge in [-0.3, -0.25) is 4.79 Å². The highest BCUT2D eigenvalue weighted by Crippen LogP contribution is 2.46. The fourth-order valence-corrected chi connectivity index (χ4v) is 4.10. The number of hydrogen-bond donors (Lipinski definition) is 2. The monoisotopic (exact) mass is 448 g/mol. The number of hydroxylamine groups is 1. The molecule has 0 radical (unpaired) electrons. The van der Waals surface area contributed by atoms with Crippen LogP contribution in [0.15, 0.2) is 54.3 Å². The summed E-state index contributed by atoms with van der Waals surface area (Å²) in [6.45, 7) is 6.16. The third-order valence-corrected chi connectivity index (χ3v) is 6.46. The van der Waals surface area contributed by atoms with Gasteiger partial charge in [-0.2, -0.15) is 0 Å². The fraction of sp³-hybridized carbons (Fsp3) is 0.308. The van der Waals surface area contributed by atoms with Crippen molar-refractivity contribution < 1.29 is 23.6 Å². The smallest absolute Gasteiger partial charge is 0.330 e. The summed E-state index contributed by atoms with van der Waals surface area (Å²) in [5, 5.41) is 2.77. The van der Waals surface area contributed by atoms with Crippen molar-refractivity contribution >= 4 is 28.7 Å². The fourth-order valence-electron chi connectivity index (χ4n) is 4.10. The highest BCUT2D eigenvalue weighted by molar-refractivity contribution is 6.32. The van der Waals surface area contributed by atoms with E-state index in [2.05, 4.69) is 10.8 Å². The first-order chi connectivity index (χ1) is 15.7. The molecular weight excluding hydrogens is 423 g/mol. The zero-order valence-electron chi connectivity index (χ0n) is 18.8. The highest BCUT2D eigenvalue weighted by Gasteiger charge is 2.46. The molecule has 2 aliphatic heterocycles. The molecule has 2 aromatic rings. The molecule has 6 nitrogen and oxygen atoms in total. The molecule has 0 unspecified atom stereocenters. The summed E-state index contributed by atoms with van der Waals surface area (Å²) in [6.07, 6.45) is 3.59. The van der Waals surface area contributed by atoms with Crippen LogP contribution in [0, 0.1) is 11.2 Å². The van der Waals surface area contributed by atoms with Gasteiger partial charge in [-0.05, 0) is 69.0 Å². The highest BCUT2D eigenvalue weighted by atomic mass is 19.1. The van der Waals surface area contributed by atoms with Gasteiger partial charge >= 0.3 is 5.97 Å². The first kappa shape index (κ1) is 21.4. The van der Waals surface area contributed by atoms with Crippen molar-refractivity contribution in [3.8, 4) is 0 Å². The number of carbonyl (C=O) groups excluding carboxylic acids is 2. The predicted octanol–water partition coefficient (Wildman–Crippen LogP) is 4.73. The van der Waals surface area contributed by atoms with Crippen LogP contribution in [0.4, 0.5) is 10.1 Å². The van der Waals surface area contributed by atoms with E-state index in [0.717, 1.165) is 29.5 Å². The molecule has 0 saturated heterocycles. The minimum Gasteiger partial charge on any atom is -0.482 e. The largest absolute Gasteiger partial charge is 0.482 e. The number of anilines is 1. The summed E-state index contributed by atoms with van der Waals surface area (Å²) in [7, 11) is 0. The van der Waals surface area contributed by atoms with E-state index in [9.17, 15) is 14.0 Å². The second-order valence-corrected chi connectivity index (χ2v) is 9.52. The van der Waals surface area contributed by atoms with Crippen LogP contribution in [0.1, 0.15) is 50.3 Å². The SMILES string of the molecule is CC1(C(=O)ONCc2ccc(C3=CC(=C4C(=O)Nc5ccc(F)cc54)OC3(C)C)cc2)CC1. The van der Waals surface area contributed by atoms with Crippen LogP contribution >= 0.6 is 0 Å². The summed E-state index contributed by atoms with van der Waals surface area (Å²) in [6, 6.07) is 12.0. The molecule has 2 aromatic carbocycles. The number of amides is 1. The standard InChI is InChI=1S/C26H25FN2O4/c1-25(2)19(13-21(32-25)22-18-12-17(27)8-9-20(18)29-23(22)30)16-6-4-15(5-7-16)14-28-33-24(31)26(3)10-11-26/h4-9,12-13,28H,10-11,14H2,1-3H3,(H,29,30). The zero-order chi connectivity index (χ0) is 23.4. The molecule has 2 N–H and O–H groups in total. The molecule has 170 valence electrons. The zero-order valence-corrected chi connectivity index (χ0v) is 18.8. The quantitative estimate of drug-likeness (QED) is 0.511. The van der Waals surface area contributed by atoms with Gasteiger partial charge in [0.1, 0.15) is 17.2 Å². The summed E-state index contributed by atoms with van der Waals surface area (Å²) < 4.78 is 20.0. The number of allylic oxidation sites excluding steroid dienone is 1. The van der Waals surface area contributed by atoms with Gasteiger partial charge in [0.05, 0.1) is 17.5 Å². The molecule has 33 heavy (non-hydrogen) atoms. The van der Waals surface area contributed by atoms with Crippen molar-refractivity contribution in [3.63, 3.8) is 0 Å². The van der Waals surface area contributed by atoms with Crippen LogP contribution < -0.4 is 10.8 Å². The van der Waals surface area contributed by atoms with E-state index in [0.29, 0.717) is 29.1 Å². The Hall–Kier alpha value is -3.45. The van der Waals surface area contributed by atoms with E-state index in [1.807, 2.05) is 51.1 Å². The van der Waals surface area contributed by atoms with E-state index in [-0.39, 0.29) is 17.3 Å². The number of carbonyl (C=O) groups is 2. The number of rotatable bonds is 5. The molecule has 1 aliphatic carbocycles. The first-order valence-corrected chi connectivity index (χ1v) is 11.0. The Balaban J connectivity index is 1.36. The number of benzene rings is 2. The normalized spacial score (nSPS) is 21.7. The van der Waals surface area contributed by atoms with E-state index in [1.54, 1.807) is 6.07 Å². The topological polar surface area (TPSA) is 76.7 Å². The van der Waals surface area contributed by atoms with Gasteiger partial charge in [-0.1, -0.05) is 24.3 Å². The maximum absolute atomic E-state index is 13.8. The van der Waals surface area contributed by atoms with Gasteiger partial charge in [-0.25, -0.2) is 9.18 Å². The summed E-state index contributed by atoms with van der Waals surface area (Å²) in [5.41, 5.74) is 5.96. The summed E-state index contributed by atoms with van der Waals surface area (Å²) in [4.78, 5) is 29.7. The third kappa shape index (κ3) is 3.93. The molecule has 3 aliphatic rings. The maximum Gasteiger partial charge on any atom is 0.330 e. The van der Waals surface area contributed by atoms with Crippen molar-refractivity contribution in [1.29, 1.82) is 0 Å². The van der Waals surface area contributed by atoms with E-state index in [1.165, 1.54) is 12.1 Å². The minimum atomic E-state index is -0.673. The molecule has 0 aromatic heterocycles. The lowest BCUT2D eigenvalue weighted by atomic mass is 9.91. The summed E-state index contributed by atoms with van der Waals surface area (Å²) >= 11 is 0. The molecule has 2 heterocycles. The van der Waals surface area contributed by atoms with Crippen LogP contribution in [0.25, 0.3) is 11.1 Å². The van der Waals surface area contributed by atoms with Gasteiger partial charge < -0.3 is 14.9 Å². The molecular formula is C26H25FN2O4. The van der Waals surface area contributed by atoms with Crippen LogP contribution in [0.3, 0.4) is 0 Å². The van der Waals surface area contributed by atoms with Crippen LogP contribution in [-0.4, -0.2) is 17.5 Å². The van der Waals surface area contributed by atoms with Crippen molar-refractivity contribution in [3.05, 3.63) is 76.8 Å². The number of hydrogen-bond acceptors (Lipinski definition) is 5. The summed E-state index contributed by atoms with van der Waals surface area (Å²) in [5.74, 6) is -0.518. The lowest BCUT2D eigenvalue weighted by Gasteiger charge is -2.23. The average molecular weight is 448 g/mol. The van der Waals surface area contributed by atoms with Gasteiger partial charge in [0.25, 0.3) is 5.91 Å². The molecule has 0 atom stereocenters. The lowest BCUT2D eigenvalue weighted by Crippen LogP contribution is -2.25. The minimum absolute atomic E-state index is 0.216. The first-order valence-electron chi connectivity index (χ1n) is 11.0. The Bertz CT molecular complexity index is 1220. The molecule has 7 heteroatoms. The second kappa shape index (κ2) is 7.56. The Morgan fingerprint density at radius 2 is 1.88 bits per heavy atom. The Labute approximate surface area is 191 Å². The average Bonchev–Trinajstić information content (AvgIpc) is 3.33. The van der Waals surface area contributed by atoms with Crippen LogP contribution in [0.2, 0.25) is 0 Å². The van der Waals surface area contributed by atoms with Crippen LogP contribution in [0.5, 0.6) is 0 Å². The maximum atomic E-state index is 13.8. The number of fused-ring (bicyclic) bond motifs is 1. The molecule has 1 fully saturated rings. The number of ether oxygens (including phenoxy) is 1. The molecule has 5 rings (SSSR count). The lowest BCUT2D eigenvalue weighted by molar-refractivity contribution is -0.157. The van der Waals surface area contributed by atoms with Crippen molar-refractivity contribution in [2.45, 2.75) is 45.8 Å². The van der Waals surface area contributed by atoms with Gasteiger partial charge in [0.2, 0.25) is 0 Å². The molecule has 1 saturated carbocycles. The third-order valence-electron chi connectivity index (χ3n) is 6.46. The van der Waals surface area contributed by atoms with Gasteiger partial charge in [0, 0.05) is 16.8 Å². The number of nitrogens with one attached hydrogen (secondary N) is 2. The Morgan fingerprint density at radius 1 is 1.15 bits per heavy atom. The van der Waals surface area contributed by atoms with E-state index in [4.69, 9.17) is 9.57 Å². The van der Waals surface area contributed by atoms with E-state index >= 15 is 0 Å². The van der Waals surface area contributed by atoms with E-state index < -0.39 is 11.4 Å². The molecule has 0 spiro atoms. The Morgan fingerprint density at radius 3 is 2.58 bits per heavy atom. The number of halogens is 1. The van der Waals surface area contributed by atoms with Crippen molar-refractivity contribution in [1.82, 2.24) is 5.48 Å². The molecule has 0 bridgehead atoms. The van der Waals surface area contributed by atoms with Gasteiger partial charge in [-0.15, -0.1) is 5.48 Å².